The van der Waals surface area contributed by atoms with Gasteiger partial charge in [-0.15, -0.1) is 0 Å². The van der Waals surface area contributed by atoms with Crippen LogP contribution in [0.3, 0.4) is 0 Å². The molecule has 1 aromatic heterocycles. The molecule has 0 spiro atoms. The van der Waals surface area contributed by atoms with Crippen LogP contribution in [0.4, 0.5) is 5.69 Å². The molecule has 2 heterocycles. The lowest BCUT2D eigenvalue weighted by Gasteiger charge is -2.24. The molecule has 0 saturated carbocycles. The Balaban J connectivity index is 2.06. The minimum atomic E-state index is 0.265. The average Bonchev–Trinajstić information content (AvgIpc) is 2.47. The molecule has 1 aromatic carbocycles. The molecule has 5 nitrogen and oxygen atoms in total. The third-order valence-electron chi connectivity index (χ3n) is 3.12. The number of nitrogens with zero attached hydrogens (tertiary/aromatic N) is 2. The van der Waals surface area contributed by atoms with E-state index >= 15 is 0 Å². The Hall–Kier alpha value is -2.74. The summed E-state index contributed by atoms with van der Waals surface area (Å²) in [6.45, 7) is 6.09. The Bertz CT molecular complexity index is 748. The maximum absolute atomic E-state index is 8.94. The minimum Gasteiger partial charge on any atom is -0.446 e. The fourth-order valence-electron chi connectivity index (χ4n) is 2.16. The average molecular weight is 281 g/mol. The molecule has 0 aliphatic carbocycles. The quantitative estimate of drug-likeness (QED) is 0.769. The number of hydrogen-bond acceptors (Lipinski definition) is 5. The highest BCUT2D eigenvalue weighted by Crippen LogP contribution is 2.48. The summed E-state index contributed by atoms with van der Waals surface area (Å²) in [7, 11) is 0. The first-order chi connectivity index (χ1) is 10.1. The van der Waals surface area contributed by atoms with Gasteiger partial charge in [0.05, 0.1) is 17.3 Å². The molecular formula is C16H15N3O2. The van der Waals surface area contributed by atoms with E-state index in [4.69, 9.17) is 14.7 Å². The Morgan fingerprint density at radius 3 is 2.76 bits per heavy atom. The maximum Gasteiger partial charge on any atom is 0.265 e. The van der Waals surface area contributed by atoms with Crippen LogP contribution >= 0.6 is 0 Å². The van der Waals surface area contributed by atoms with E-state index in [9.17, 15) is 0 Å². The first-order valence-corrected chi connectivity index (χ1v) is 6.74. The standard InChI is InChI=1S/C16H15N3O2/c1-9(2)19-14-10(3)8-18-16-15(14)20-12-5-4-11(7-17)6-13(12)21-16/h4-6,8-9H,1-3H3,(H,18,19). The molecule has 0 unspecified atom stereocenters. The van der Waals surface area contributed by atoms with E-state index in [1.54, 1.807) is 24.4 Å². The van der Waals surface area contributed by atoms with Crippen molar-refractivity contribution in [3.8, 4) is 29.2 Å². The van der Waals surface area contributed by atoms with E-state index < -0.39 is 0 Å². The van der Waals surface area contributed by atoms with Gasteiger partial charge >= 0.3 is 0 Å². The predicted octanol–water partition coefficient (Wildman–Crippen LogP) is 3.98. The highest BCUT2D eigenvalue weighted by Gasteiger charge is 2.25. The van der Waals surface area contributed by atoms with E-state index in [1.165, 1.54) is 0 Å². The molecule has 1 aliphatic rings. The van der Waals surface area contributed by atoms with Crippen LogP contribution in [0.5, 0.6) is 23.1 Å². The number of fused-ring (bicyclic) bond motifs is 2. The van der Waals surface area contributed by atoms with E-state index in [0.29, 0.717) is 28.7 Å². The number of ether oxygens (including phenoxy) is 2. The molecule has 21 heavy (non-hydrogen) atoms. The van der Waals surface area contributed by atoms with E-state index in [2.05, 4.69) is 30.2 Å². The SMILES string of the molecule is Cc1cnc2c(c1NC(C)C)Oc1ccc(C#N)cc1O2. The van der Waals surface area contributed by atoms with Gasteiger partial charge in [-0.25, -0.2) is 4.98 Å². The van der Waals surface area contributed by atoms with E-state index in [-0.39, 0.29) is 6.04 Å². The molecular weight excluding hydrogens is 266 g/mol. The van der Waals surface area contributed by atoms with E-state index in [0.717, 1.165) is 11.3 Å². The van der Waals surface area contributed by atoms with Crippen LogP contribution in [-0.2, 0) is 0 Å². The van der Waals surface area contributed by atoms with Gasteiger partial charge in [0.2, 0.25) is 5.75 Å². The Labute approximate surface area is 123 Å². The number of hydrogen-bond donors (Lipinski definition) is 1. The zero-order valence-electron chi connectivity index (χ0n) is 12.1. The maximum atomic E-state index is 8.94. The van der Waals surface area contributed by atoms with Crippen LogP contribution in [0.1, 0.15) is 25.0 Å². The molecule has 1 N–H and O–H groups in total. The number of rotatable bonds is 2. The summed E-state index contributed by atoms with van der Waals surface area (Å²) in [6.07, 6.45) is 1.74. The van der Waals surface area contributed by atoms with Gasteiger partial charge in [0.25, 0.3) is 5.88 Å². The molecule has 2 aromatic rings. The number of aromatic nitrogens is 1. The smallest absolute Gasteiger partial charge is 0.265 e. The number of pyridine rings is 1. The second-order valence-electron chi connectivity index (χ2n) is 5.23. The Kier molecular flexibility index (Phi) is 3.15. The van der Waals surface area contributed by atoms with Crippen LogP contribution in [0, 0.1) is 18.3 Å². The molecule has 1 aliphatic heterocycles. The van der Waals surface area contributed by atoms with Crippen molar-refractivity contribution in [2.24, 2.45) is 0 Å². The van der Waals surface area contributed by atoms with Gasteiger partial charge < -0.3 is 14.8 Å². The molecule has 5 heteroatoms. The van der Waals surface area contributed by atoms with Crippen molar-refractivity contribution < 1.29 is 9.47 Å². The van der Waals surface area contributed by atoms with Crippen molar-refractivity contribution in [1.29, 1.82) is 5.26 Å². The topological polar surface area (TPSA) is 67.2 Å². The summed E-state index contributed by atoms with van der Waals surface area (Å²) in [5, 5.41) is 12.3. The van der Waals surface area contributed by atoms with Crippen LogP contribution in [0.25, 0.3) is 0 Å². The molecule has 0 radical (unpaired) electrons. The predicted molar refractivity (Wildman–Crippen MR) is 79.0 cm³/mol. The van der Waals surface area contributed by atoms with Gasteiger partial charge in [-0.05, 0) is 38.5 Å². The van der Waals surface area contributed by atoms with Gasteiger partial charge in [-0.3, -0.25) is 0 Å². The summed E-state index contributed by atoms with van der Waals surface area (Å²) in [5.41, 5.74) is 2.39. The molecule has 0 saturated heterocycles. The summed E-state index contributed by atoms with van der Waals surface area (Å²) < 4.78 is 11.7. The van der Waals surface area contributed by atoms with Crippen molar-refractivity contribution in [3.63, 3.8) is 0 Å². The number of nitrogens with one attached hydrogen (secondary N) is 1. The van der Waals surface area contributed by atoms with Crippen molar-refractivity contribution in [1.82, 2.24) is 4.98 Å². The van der Waals surface area contributed by atoms with Gasteiger partial charge in [0, 0.05) is 18.3 Å². The van der Waals surface area contributed by atoms with Gasteiger partial charge in [-0.2, -0.15) is 5.26 Å². The molecule has 0 bridgehead atoms. The van der Waals surface area contributed by atoms with Crippen molar-refractivity contribution >= 4 is 5.69 Å². The summed E-state index contributed by atoms with van der Waals surface area (Å²) in [5.74, 6) is 2.08. The third-order valence-corrected chi connectivity index (χ3v) is 3.12. The second-order valence-corrected chi connectivity index (χ2v) is 5.23. The molecule has 106 valence electrons. The van der Waals surface area contributed by atoms with Crippen molar-refractivity contribution in [3.05, 3.63) is 35.5 Å². The highest BCUT2D eigenvalue weighted by molar-refractivity contribution is 5.69. The lowest BCUT2D eigenvalue weighted by molar-refractivity contribution is 0.348. The van der Waals surface area contributed by atoms with Crippen LogP contribution in [-0.4, -0.2) is 11.0 Å². The van der Waals surface area contributed by atoms with Crippen molar-refractivity contribution in [2.45, 2.75) is 26.8 Å². The zero-order valence-corrected chi connectivity index (χ0v) is 12.1. The normalized spacial score (nSPS) is 11.8. The zero-order chi connectivity index (χ0) is 15.0. The summed E-state index contributed by atoms with van der Waals surface area (Å²) in [4.78, 5) is 4.27. The van der Waals surface area contributed by atoms with Crippen LogP contribution in [0.2, 0.25) is 0 Å². The van der Waals surface area contributed by atoms with Crippen LogP contribution in [0.15, 0.2) is 24.4 Å². The number of anilines is 1. The molecule has 0 amide bonds. The third kappa shape index (κ3) is 2.36. The largest absolute Gasteiger partial charge is 0.446 e. The molecule has 0 atom stereocenters. The highest BCUT2D eigenvalue weighted by atomic mass is 16.6. The fraction of sp³-hybridized carbons (Fsp3) is 0.250. The fourth-order valence-corrected chi connectivity index (χ4v) is 2.16. The lowest BCUT2D eigenvalue weighted by Crippen LogP contribution is -2.13. The first kappa shape index (κ1) is 13.3. The lowest BCUT2D eigenvalue weighted by atomic mass is 10.2. The minimum absolute atomic E-state index is 0.265. The number of benzene rings is 1. The van der Waals surface area contributed by atoms with Gasteiger partial charge in [0.15, 0.2) is 11.5 Å². The number of nitriles is 1. The molecule has 3 rings (SSSR count). The van der Waals surface area contributed by atoms with Crippen molar-refractivity contribution in [2.75, 3.05) is 5.32 Å². The number of aryl methyl sites for hydroxylation is 1. The monoisotopic (exact) mass is 281 g/mol. The summed E-state index contributed by atoms with van der Waals surface area (Å²) in [6, 6.07) is 7.43. The van der Waals surface area contributed by atoms with Crippen LogP contribution < -0.4 is 14.8 Å². The first-order valence-electron chi connectivity index (χ1n) is 6.74. The Morgan fingerprint density at radius 2 is 2.05 bits per heavy atom. The van der Waals surface area contributed by atoms with E-state index in [1.807, 2.05) is 6.92 Å². The molecule has 0 fully saturated rings. The van der Waals surface area contributed by atoms with Gasteiger partial charge in [0.1, 0.15) is 0 Å². The Morgan fingerprint density at radius 1 is 1.24 bits per heavy atom. The summed E-state index contributed by atoms with van der Waals surface area (Å²) >= 11 is 0. The van der Waals surface area contributed by atoms with Gasteiger partial charge in [-0.1, -0.05) is 0 Å². The second kappa shape index (κ2) is 4.98.